The first-order valence-electron chi connectivity index (χ1n) is 8.99. The van der Waals surface area contributed by atoms with E-state index in [1.54, 1.807) is 36.4 Å². The van der Waals surface area contributed by atoms with Gasteiger partial charge in [-0.2, -0.15) is 5.10 Å². The van der Waals surface area contributed by atoms with Gasteiger partial charge in [-0.3, -0.25) is 9.59 Å². The van der Waals surface area contributed by atoms with E-state index in [0.717, 1.165) is 0 Å². The van der Waals surface area contributed by atoms with Crippen molar-refractivity contribution in [2.75, 3.05) is 5.32 Å². The first-order valence-corrected chi connectivity index (χ1v) is 10.1. The Bertz CT molecular complexity index is 1200. The minimum absolute atomic E-state index is 0.214. The molecular weight excluding hydrogens is 477 g/mol. The molecule has 0 atom stereocenters. The largest absolute Gasteiger partial charge is 0.422 e. The van der Waals surface area contributed by atoms with Crippen LogP contribution in [0.2, 0.25) is 15.1 Å². The van der Waals surface area contributed by atoms with Gasteiger partial charge < -0.3 is 10.1 Å². The van der Waals surface area contributed by atoms with Crippen LogP contribution in [0.15, 0.2) is 71.8 Å². The Hall–Kier alpha value is -3.39. The number of carbonyl (C=O) groups excluding carboxylic acids is 3. The standard InChI is InChI=1S/C22H14Cl3N3O4/c23-15-7-5-13(6-8-15)22(31)32-19-4-2-1-3-14(19)12-26-28-21(30)20(29)27-16-9-10-17(24)18(25)11-16/h1-12H,(H,27,29)(H,28,30)/b26-12+. The lowest BCUT2D eigenvalue weighted by Gasteiger charge is -2.07. The van der Waals surface area contributed by atoms with Crippen LogP contribution < -0.4 is 15.5 Å². The molecule has 10 heteroatoms. The van der Waals surface area contributed by atoms with Gasteiger partial charge in [0.2, 0.25) is 0 Å². The van der Waals surface area contributed by atoms with E-state index in [1.807, 2.05) is 0 Å². The molecule has 0 aliphatic heterocycles. The summed E-state index contributed by atoms with van der Waals surface area (Å²) in [6, 6.07) is 17.2. The summed E-state index contributed by atoms with van der Waals surface area (Å²) in [5.41, 5.74) is 3.11. The number of benzene rings is 3. The monoisotopic (exact) mass is 489 g/mol. The van der Waals surface area contributed by atoms with Crippen LogP contribution in [-0.2, 0) is 9.59 Å². The zero-order valence-corrected chi connectivity index (χ0v) is 18.4. The minimum Gasteiger partial charge on any atom is -0.422 e. The van der Waals surface area contributed by atoms with Crippen molar-refractivity contribution in [1.82, 2.24) is 5.43 Å². The molecule has 0 fully saturated rings. The van der Waals surface area contributed by atoms with Gasteiger partial charge in [0.25, 0.3) is 0 Å². The van der Waals surface area contributed by atoms with Gasteiger partial charge in [-0.15, -0.1) is 0 Å². The maximum absolute atomic E-state index is 12.3. The molecule has 32 heavy (non-hydrogen) atoms. The summed E-state index contributed by atoms with van der Waals surface area (Å²) in [6.07, 6.45) is 1.24. The van der Waals surface area contributed by atoms with Gasteiger partial charge in [0.05, 0.1) is 21.8 Å². The number of hydrazone groups is 1. The SMILES string of the molecule is O=C(N/N=C/c1ccccc1OC(=O)c1ccc(Cl)cc1)C(=O)Nc1ccc(Cl)c(Cl)c1. The lowest BCUT2D eigenvalue weighted by molar-refractivity contribution is -0.136. The van der Waals surface area contributed by atoms with Gasteiger partial charge in [-0.1, -0.05) is 46.9 Å². The van der Waals surface area contributed by atoms with Crippen molar-refractivity contribution in [2.24, 2.45) is 5.10 Å². The highest BCUT2D eigenvalue weighted by Crippen LogP contribution is 2.25. The topological polar surface area (TPSA) is 96.9 Å². The fourth-order valence-corrected chi connectivity index (χ4v) is 2.82. The predicted molar refractivity (Wildman–Crippen MR) is 124 cm³/mol. The Morgan fingerprint density at radius 2 is 1.56 bits per heavy atom. The van der Waals surface area contributed by atoms with E-state index in [1.165, 1.54) is 36.5 Å². The van der Waals surface area contributed by atoms with E-state index in [4.69, 9.17) is 39.5 Å². The smallest absolute Gasteiger partial charge is 0.343 e. The lowest BCUT2D eigenvalue weighted by Crippen LogP contribution is -2.32. The molecule has 0 aliphatic rings. The zero-order valence-electron chi connectivity index (χ0n) is 16.1. The van der Waals surface area contributed by atoms with Gasteiger partial charge in [0.15, 0.2) is 0 Å². The molecule has 7 nitrogen and oxygen atoms in total. The van der Waals surface area contributed by atoms with Gasteiger partial charge in [0.1, 0.15) is 5.75 Å². The molecule has 0 aliphatic carbocycles. The number of nitrogens with one attached hydrogen (secondary N) is 2. The normalized spacial score (nSPS) is 10.6. The van der Waals surface area contributed by atoms with E-state index >= 15 is 0 Å². The third-order valence-corrected chi connectivity index (χ3v) is 4.95. The number of hydrogen-bond acceptors (Lipinski definition) is 5. The van der Waals surface area contributed by atoms with Crippen LogP contribution in [0.25, 0.3) is 0 Å². The fraction of sp³-hybridized carbons (Fsp3) is 0. The number of anilines is 1. The van der Waals surface area contributed by atoms with Crippen LogP contribution in [-0.4, -0.2) is 24.0 Å². The summed E-state index contributed by atoms with van der Waals surface area (Å²) in [6.45, 7) is 0. The molecule has 0 heterocycles. The summed E-state index contributed by atoms with van der Waals surface area (Å²) in [5.74, 6) is -2.34. The van der Waals surface area contributed by atoms with Crippen LogP contribution in [0, 0.1) is 0 Å². The van der Waals surface area contributed by atoms with E-state index in [-0.39, 0.29) is 10.8 Å². The second kappa shape index (κ2) is 10.8. The molecule has 3 aromatic carbocycles. The number of para-hydroxylation sites is 1. The van der Waals surface area contributed by atoms with Gasteiger partial charge >= 0.3 is 17.8 Å². The number of nitrogens with zero attached hydrogens (tertiary/aromatic N) is 1. The highest BCUT2D eigenvalue weighted by molar-refractivity contribution is 6.43. The summed E-state index contributed by atoms with van der Waals surface area (Å²) in [4.78, 5) is 36.3. The Morgan fingerprint density at radius 1 is 0.844 bits per heavy atom. The molecule has 2 amide bonds. The quantitative estimate of drug-likeness (QED) is 0.174. The van der Waals surface area contributed by atoms with Crippen LogP contribution in [0.3, 0.4) is 0 Å². The Labute approximate surface area is 197 Å². The summed E-state index contributed by atoms with van der Waals surface area (Å²) >= 11 is 17.5. The van der Waals surface area contributed by atoms with Crippen molar-refractivity contribution in [1.29, 1.82) is 0 Å². The van der Waals surface area contributed by atoms with Crippen LogP contribution >= 0.6 is 34.8 Å². The predicted octanol–water partition coefficient (Wildman–Crippen LogP) is 4.95. The van der Waals surface area contributed by atoms with E-state index in [2.05, 4.69) is 15.8 Å². The maximum atomic E-state index is 12.3. The highest BCUT2D eigenvalue weighted by Gasteiger charge is 2.14. The average Bonchev–Trinajstić information content (AvgIpc) is 2.77. The zero-order chi connectivity index (χ0) is 23.1. The molecular formula is C22H14Cl3N3O4. The van der Waals surface area contributed by atoms with Crippen molar-refractivity contribution in [2.45, 2.75) is 0 Å². The summed E-state index contributed by atoms with van der Waals surface area (Å²) < 4.78 is 5.39. The highest BCUT2D eigenvalue weighted by atomic mass is 35.5. The maximum Gasteiger partial charge on any atom is 0.343 e. The number of ether oxygens (including phenoxy) is 1. The minimum atomic E-state index is -1.01. The Kier molecular flexibility index (Phi) is 7.83. The van der Waals surface area contributed by atoms with Gasteiger partial charge in [0, 0.05) is 16.3 Å². The Balaban J connectivity index is 1.62. The van der Waals surface area contributed by atoms with Crippen LogP contribution in [0.5, 0.6) is 5.75 Å². The molecule has 0 bridgehead atoms. The van der Waals surface area contributed by atoms with Crippen molar-refractivity contribution >= 4 is 64.5 Å². The number of halogens is 3. The number of amides is 2. The summed E-state index contributed by atoms with van der Waals surface area (Å²) in [5, 5.41) is 7.16. The van der Waals surface area contributed by atoms with Crippen LogP contribution in [0.1, 0.15) is 15.9 Å². The third-order valence-electron chi connectivity index (χ3n) is 3.96. The molecule has 3 rings (SSSR count). The molecule has 3 aromatic rings. The third kappa shape index (κ3) is 6.31. The first kappa shape index (κ1) is 23.3. The number of esters is 1. The Morgan fingerprint density at radius 3 is 2.28 bits per heavy atom. The fourth-order valence-electron chi connectivity index (χ4n) is 2.40. The average molecular weight is 491 g/mol. The van der Waals surface area contributed by atoms with Crippen molar-refractivity contribution < 1.29 is 19.1 Å². The summed E-state index contributed by atoms with van der Waals surface area (Å²) in [7, 11) is 0. The van der Waals surface area contributed by atoms with E-state index in [9.17, 15) is 14.4 Å². The molecule has 0 unspecified atom stereocenters. The van der Waals surface area contributed by atoms with Crippen molar-refractivity contribution in [3.63, 3.8) is 0 Å². The lowest BCUT2D eigenvalue weighted by atomic mass is 10.2. The van der Waals surface area contributed by atoms with Gasteiger partial charge in [-0.25, -0.2) is 10.2 Å². The molecule has 0 radical (unpaired) electrons. The van der Waals surface area contributed by atoms with E-state index < -0.39 is 17.8 Å². The number of hydrogen-bond donors (Lipinski definition) is 2. The van der Waals surface area contributed by atoms with Crippen molar-refractivity contribution in [3.8, 4) is 5.75 Å². The van der Waals surface area contributed by atoms with Gasteiger partial charge in [-0.05, 0) is 54.6 Å². The van der Waals surface area contributed by atoms with Crippen molar-refractivity contribution in [3.05, 3.63) is 92.9 Å². The first-order chi connectivity index (χ1) is 15.3. The number of carbonyl (C=O) groups is 3. The molecule has 0 saturated carbocycles. The van der Waals surface area contributed by atoms with Crippen LogP contribution in [0.4, 0.5) is 5.69 Å². The molecule has 0 aromatic heterocycles. The van der Waals surface area contributed by atoms with E-state index in [0.29, 0.717) is 26.9 Å². The second-order valence-electron chi connectivity index (χ2n) is 6.22. The molecule has 162 valence electrons. The number of rotatable bonds is 5. The molecule has 2 N–H and O–H groups in total. The molecule has 0 saturated heterocycles. The second-order valence-corrected chi connectivity index (χ2v) is 7.47. The molecule has 0 spiro atoms.